The number of aryl methyl sites for hydroxylation is 1. The zero-order valence-electron chi connectivity index (χ0n) is 15.6. The van der Waals surface area contributed by atoms with Crippen LogP contribution in [0.3, 0.4) is 0 Å². The number of alkyl halides is 3. The normalized spacial score (nSPS) is 12.0. The zero-order valence-corrected chi connectivity index (χ0v) is 15.6. The quantitative estimate of drug-likeness (QED) is 0.688. The van der Waals surface area contributed by atoms with Crippen molar-refractivity contribution in [3.63, 3.8) is 0 Å². The summed E-state index contributed by atoms with van der Waals surface area (Å²) >= 11 is 0. The number of rotatable bonds is 6. The summed E-state index contributed by atoms with van der Waals surface area (Å²) in [5.41, 5.74) is 0.510. The second-order valence-corrected chi connectivity index (χ2v) is 6.45. The van der Waals surface area contributed by atoms with Crippen molar-refractivity contribution in [1.82, 2.24) is 19.6 Å². The van der Waals surface area contributed by atoms with Crippen molar-refractivity contribution in [1.29, 1.82) is 0 Å². The minimum absolute atomic E-state index is 0.0456. The fourth-order valence-corrected chi connectivity index (χ4v) is 2.83. The minimum atomic E-state index is -4.46. The highest BCUT2D eigenvalue weighted by Crippen LogP contribution is 2.30. The van der Waals surface area contributed by atoms with Gasteiger partial charge in [0.05, 0.1) is 11.6 Å². The van der Waals surface area contributed by atoms with E-state index < -0.39 is 18.6 Å². The molecule has 3 aromatic rings. The number of halogens is 3. The maximum absolute atomic E-state index is 13.0. The van der Waals surface area contributed by atoms with E-state index in [0.717, 1.165) is 4.68 Å². The Kier molecular flexibility index (Phi) is 5.30. The molecule has 1 amide bonds. The van der Waals surface area contributed by atoms with E-state index in [1.165, 1.54) is 23.0 Å². The number of aromatic nitrogens is 4. The Morgan fingerprint density at radius 2 is 2.00 bits per heavy atom. The third-order valence-corrected chi connectivity index (χ3v) is 3.90. The Balaban J connectivity index is 2.00. The number of hydrogen-bond donors (Lipinski definition) is 1. The number of benzene rings is 1. The maximum atomic E-state index is 13.0. The number of fused-ring (bicyclic) bond motifs is 1. The predicted octanol–water partition coefficient (Wildman–Crippen LogP) is 3.85. The molecule has 0 saturated heterocycles. The van der Waals surface area contributed by atoms with Gasteiger partial charge >= 0.3 is 6.18 Å². The maximum Gasteiger partial charge on any atom is 0.408 e. The van der Waals surface area contributed by atoms with Crippen molar-refractivity contribution in [2.45, 2.75) is 46.1 Å². The molecule has 0 aliphatic carbocycles. The molecule has 0 aliphatic heterocycles. The molecular weight excluding hydrogens is 375 g/mol. The molecule has 0 fully saturated rings. The molecule has 0 saturated carbocycles. The van der Waals surface area contributed by atoms with Gasteiger partial charge in [-0.3, -0.25) is 14.2 Å². The molecule has 0 unspecified atom stereocenters. The topological polar surface area (TPSA) is 74.0 Å². The number of anilines is 1. The highest BCUT2D eigenvalue weighted by atomic mass is 19.4. The van der Waals surface area contributed by atoms with Gasteiger partial charge in [-0.15, -0.1) is 0 Å². The first kappa shape index (κ1) is 19.7. The Morgan fingerprint density at radius 1 is 1.25 bits per heavy atom. The van der Waals surface area contributed by atoms with Gasteiger partial charge in [-0.2, -0.15) is 23.4 Å². The van der Waals surface area contributed by atoms with E-state index in [9.17, 15) is 18.0 Å². The standard InChI is InChI=1S/C18H20F3N5O2/c1-4-25-14(7-8-22-25)17(27)23-16-13-6-5-12(28-11(2)3)9-15(13)26(24-16)10-18(19,20)21/h5-9,11H,4,10H2,1-3H3,(H,23,24,27). The average Bonchev–Trinajstić information content (AvgIpc) is 3.18. The number of nitrogens with zero attached hydrogens (tertiary/aromatic N) is 4. The van der Waals surface area contributed by atoms with Crippen molar-refractivity contribution in [2.24, 2.45) is 0 Å². The van der Waals surface area contributed by atoms with Crippen molar-refractivity contribution in [3.05, 3.63) is 36.2 Å². The third kappa shape index (κ3) is 4.26. The lowest BCUT2D eigenvalue weighted by atomic mass is 10.2. The first-order valence-corrected chi connectivity index (χ1v) is 8.75. The summed E-state index contributed by atoms with van der Waals surface area (Å²) in [5, 5.41) is 11.0. The van der Waals surface area contributed by atoms with Crippen molar-refractivity contribution in [2.75, 3.05) is 5.32 Å². The average molecular weight is 395 g/mol. The van der Waals surface area contributed by atoms with Crippen molar-refractivity contribution >= 4 is 22.6 Å². The van der Waals surface area contributed by atoms with Gasteiger partial charge in [0, 0.05) is 24.2 Å². The van der Waals surface area contributed by atoms with Crippen LogP contribution in [0.1, 0.15) is 31.3 Å². The van der Waals surface area contributed by atoms with E-state index in [0.29, 0.717) is 23.4 Å². The summed E-state index contributed by atoms with van der Waals surface area (Å²) in [5.74, 6) is -0.0302. The number of hydrogen-bond acceptors (Lipinski definition) is 4. The molecule has 2 heterocycles. The fourth-order valence-electron chi connectivity index (χ4n) is 2.83. The molecule has 2 aromatic heterocycles. The first-order valence-electron chi connectivity index (χ1n) is 8.75. The summed E-state index contributed by atoms with van der Waals surface area (Å²) in [4.78, 5) is 12.5. The number of nitrogens with one attached hydrogen (secondary N) is 1. The van der Waals surface area contributed by atoms with Crippen LogP contribution in [0.4, 0.5) is 19.0 Å². The molecule has 0 radical (unpaired) electrons. The summed E-state index contributed by atoms with van der Waals surface area (Å²) in [7, 11) is 0. The molecule has 10 heteroatoms. The smallest absolute Gasteiger partial charge is 0.408 e. The molecule has 1 aromatic carbocycles. The Morgan fingerprint density at radius 3 is 2.64 bits per heavy atom. The Hall–Kier alpha value is -3.04. The minimum Gasteiger partial charge on any atom is -0.491 e. The van der Waals surface area contributed by atoms with E-state index in [1.807, 2.05) is 20.8 Å². The predicted molar refractivity (Wildman–Crippen MR) is 97.4 cm³/mol. The monoisotopic (exact) mass is 395 g/mol. The van der Waals surface area contributed by atoms with E-state index in [2.05, 4.69) is 15.5 Å². The van der Waals surface area contributed by atoms with Crippen LogP contribution in [0, 0.1) is 0 Å². The largest absolute Gasteiger partial charge is 0.491 e. The van der Waals surface area contributed by atoms with Gasteiger partial charge < -0.3 is 10.1 Å². The van der Waals surface area contributed by atoms with Gasteiger partial charge in [-0.05, 0) is 39.0 Å². The van der Waals surface area contributed by atoms with Gasteiger partial charge in [0.1, 0.15) is 18.0 Å². The van der Waals surface area contributed by atoms with Gasteiger partial charge in [-0.25, -0.2) is 0 Å². The zero-order chi connectivity index (χ0) is 20.5. The van der Waals surface area contributed by atoms with Gasteiger partial charge in [0.2, 0.25) is 0 Å². The van der Waals surface area contributed by atoms with E-state index in [-0.39, 0.29) is 17.4 Å². The summed E-state index contributed by atoms with van der Waals surface area (Å²) in [6.45, 7) is 4.67. The lowest BCUT2D eigenvalue weighted by Crippen LogP contribution is -2.20. The third-order valence-electron chi connectivity index (χ3n) is 3.90. The van der Waals surface area contributed by atoms with Crippen LogP contribution in [0.2, 0.25) is 0 Å². The number of carbonyl (C=O) groups excluding carboxylic acids is 1. The molecule has 0 atom stereocenters. The molecular formula is C18H20F3N5O2. The molecule has 0 bridgehead atoms. The second-order valence-electron chi connectivity index (χ2n) is 6.45. The van der Waals surface area contributed by atoms with Crippen LogP contribution in [-0.2, 0) is 13.1 Å². The highest BCUT2D eigenvalue weighted by Gasteiger charge is 2.30. The Labute approximate surface area is 159 Å². The molecule has 7 nitrogen and oxygen atoms in total. The number of carbonyl (C=O) groups is 1. The number of amides is 1. The Bertz CT molecular complexity index is 991. The van der Waals surface area contributed by atoms with Crippen molar-refractivity contribution in [3.8, 4) is 5.75 Å². The van der Waals surface area contributed by atoms with Crippen LogP contribution in [-0.4, -0.2) is 37.7 Å². The van der Waals surface area contributed by atoms with E-state index >= 15 is 0 Å². The molecule has 0 spiro atoms. The molecule has 28 heavy (non-hydrogen) atoms. The number of ether oxygens (including phenoxy) is 1. The van der Waals surface area contributed by atoms with Gasteiger partial charge in [0.15, 0.2) is 5.82 Å². The van der Waals surface area contributed by atoms with Crippen LogP contribution in [0.15, 0.2) is 30.5 Å². The van der Waals surface area contributed by atoms with Gasteiger partial charge in [0.25, 0.3) is 5.91 Å². The molecule has 3 rings (SSSR count). The SMILES string of the molecule is CCn1nccc1C(=O)Nc1nn(CC(F)(F)F)c2cc(OC(C)C)ccc12. The molecule has 150 valence electrons. The summed E-state index contributed by atoms with van der Waals surface area (Å²) in [6.07, 6.45) is -3.12. The van der Waals surface area contributed by atoms with Gasteiger partial charge in [-0.1, -0.05) is 0 Å². The molecule has 0 aliphatic rings. The van der Waals surface area contributed by atoms with Crippen molar-refractivity contribution < 1.29 is 22.7 Å². The van der Waals surface area contributed by atoms with Crippen LogP contribution >= 0.6 is 0 Å². The van der Waals surface area contributed by atoms with Crippen LogP contribution in [0.5, 0.6) is 5.75 Å². The lowest BCUT2D eigenvalue weighted by molar-refractivity contribution is -0.141. The summed E-state index contributed by atoms with van der Waals surface area (Å²) < 4.78 is 46.8. The van der Waals surface area contributed by atoms with Crippen LogP contribution < -0.4 is 10.1 Å². The summed E-state index contributed by atoms with van der Waals surface area (Å²) in [6, 6.07) is 6.23. The fraction of sp³-hybridized carbons (Fsp3) is 0.389. The molecule has 1 N–H and O–H groups in total. The van der Waals surface area contributed by atoms with E-state index in [4.69, 9.17) is 4.74 Å². The van der Waals surface area contributed by atoms with E-state index in [1.54, 1.807) is 12.1 Å². The second kappa shape index (κ2) is 7.53. The van der Waals surface area contributed by atoms with Crippen LogP contribution in [0.25, 0.3) is 10.9 Å². The first-order chi connectivity index (χ1) is 13.2. The lowest BCUT2D eigenvalue weighted by Gasteiger charge is -2.11. The highest BCUT2D eigenvalue weighted by molar-refractivity contribution is 6.07.